The summed E-state index contributed by atoms with van der Waals surface area (Å²) in [5.41, 5.74) is 6.66. The Hall–Kier alpha value is -1.86. The van der Waals surface area contributed by atoms with E-state index in [0.29, 0.717) is 12.4 Å². The second kappa shape index (κ2) is 6.28. The number of hydrogen-bond acceptors (Lipinski definition) is 6. The van der Waals surface area contributed by atoms with Crippen LogP contribution in [0.15, 0.2) is 23.8 Å². The maximum absolute atomic E-state index is 12.0. The predicted molar refractivity (Wildman–Crippen MR) is 80.3 cm³/mol. The molecule has 1 amide bonds. The standard InChI is InChI=1S/C14H17N5OS/c15-10-3-2-9(6-10)13(20)18-7-11-8-21-14(19-11)12-16-4-1-5-17-12/h1,4-5,8-10H,2-3,6-7,15H2,(H,18,20). The summed E-state index contributed by atoms with van der Waals surface area (Å²) in [6.45, 7) is 0.438. The van der Waals surface area contributed by atoms with Crippen molar-refractivity contribution >= 4 is 17.2 Å². The van der Waals surface area contributed by atoms with Crippen molar-refractivity contribution in [1.29, 1.82) is 0 Å². The van der Waals surface area contributed by atoms with Crippen LogP contribution in [0.1, 0.15) is 25.0 Å². The van der Waals surface area contributed by atoms with Crippen LogP contribution in [0.25, 0.3) is 10.8 Å². The van der Waals surface area contributed by atoms with Crippen LogP contribution in [0.4, 0.5) is 0 Å². The van der Waals surface area contributed by atoms with Gasteiger partial charge in [-0.1, -0.05) is 0 Å². The zero-order valence-electron chi connectivity index (χ0n) is 11.5. The van der Waals surface area contributed by atoms with Gasteiger partial charge in [0.15, 0.2) is 10.8 Å². The smallest absolute Gasteiger partial charge is 0.223 e. The number of amides is 1. The van der Waals surface area contributed by atoms with Crippen molar-refractivity contribution in [1.82, 2.24) is 20.3 Å². The van der Waals surface area contributed by atoms with Crippen molar-refractivity contribution in [2.75, 3.05) is 0 Å². The van der Waals surface area contributed by atoms with Gasteiger partial charge in [-0.15, -0.1) is 11.3 Å². The number of carbonyl (C=O) groups is 1. The Bertz CT molecular complexity index is 615. The Kier molecular flexibility index (Phi) is 4.21. The van der Waals surface area contributed by atoms with Gasteiger partial charge in [0.25, 0.3) is 0 Å². The Morgan fingerprint density at radius 1 is 1.38 bits per heavy atom. The van der Waals surface area contributed by atoms with E-state index in [2.05, 4.69) is 20.3 Å². The Labute approximate surface area is 126 Å². The van der Waals surface area contributed by atoms with Gasteiger partial charge in [-0.25, -0.2) is 15.0 Å². The highest BCUT2D eigenvalue weighted by atomic mass is 32.1. The van der Waals surface area contributed by atoms with E-state index in [1.807, 2.05) is 5.38 Å². The highest BCUT2D eigenvalue weighted by molar-refractivity contribution is 7.13. The molecule has 0 aromatic carbocycles. The van der Waals surface area contributed by atoms with Crippen LogP contribution in [0.3, 0.4) is 0 Å². The Morgan fingerprint density at radius 3 is 2.90 bits per heavy atom. The Balaban J connectivity index is 1.57. The third kappa shape index (κ3) is 3.43. The topological polar surface area (TPSA) is 93.8 Å². The maximum Gasteiger partial charge on any atom is 0.223 e. The monoisotopic (exact) mass is 303 g/mol. The van der Waals surface area contributed by atoms with Crippen molar-refractivity contribution in [3.8, 4) is 10.8 Å². The molecule has 21 heavy (non-hydrogen) atoms. The summed E-state index contributed by atoms with van der Waals surface area (Å²) in [7, 11) is 0. The zero-order chi connectivity index (χ0) is 14.7. The number of rotatable bonds is 4. The summed E-state index contributed by atoms with van der Waals surface area (Å²) < 4.78 is 0. The lowest BCUT2D eigenvalue weighted by Crippen LogP contribution is -2.30. The van der Waals surface area contributed by atoms with Gasteiger partial charge in [0, 0.05) is 29.7 Å². The van der Waals surface area contributed by atoms with Crippen LogP contribution < -0.4 is 11.1 Å². The molecule has 0 aliphatic heterocycles. The first-order valence-corrected chi connectivity index (χ1v) is 7.85. The van der Waals surface area contributed by atoms with Gasteiger partial charge in [-0.2, -0.15) is 0 Å². The zero-order valence-corrected chi connectivity index (χ0v) is 12.3. The molecule has 1 saturated carbocycles. The molecule has 7 heteroatoms. The fourth-order valence-corrected chi connectivity index (χ4v) is 3.24. The highest BCUT2D eigenvalue weighted by Crippen LogP contribution is 2.24. The number of aromatic nitrogens is 3. The van der Waals surface area contributed by atoms with E-state index in [4.69, 9.17) is 5.73 Å². The normalized spacial score (nSPS) is 21.4. The quantitative estimate of drug-likeness (QED) is 0.889. The average Bonchev–Trinajstić information content (AvgIpc) is 3.15. The second-order valence-corrected chi connectivity index (χ2v) is 6.06. The molecule has 6 nitrogen and oxygen atoms in total. The molecule has 0 bridgehead atoms. The molecule has 2 aromatic rings. The van der Waals surface area contributed by atoms with Crippen molar-refractivity contribution in [3.63, 3.8) is 0 Å². The minimum atomic E-state index is 0.0514. The van der Waals surface area contributed by atoms with Gasteiger partial charge in [-0.05, 0) is 25.3 Å². The summed E-state index contributed by atoms with van der Waals surface area (Å²) in [6.07, 6.45) is 5.98. The van der Waals surface area contributed by atoms with Crippen molar-refractivity contribution in [2.45, 2.75) is 31.8 Å². The average molecular weight is 303 g/mol. The molecule has 2 atom stereocenters. The van der Waals surface area contributed by atoms with Crippen LogP contribution in [0.5, 0.6) is 0 Å². The molecule has 110 valence electrons. The molecule has 0 radical (unpaired) electrons. The molecule has 3 rings (SSSR count). The molecule has 2 aromatic heterocycles. The van der Waals surface area contributed by atoms with E-state index in [0.717, 1.165) is 30.0 Å². The van der Waals surface area contributed by atoms with E-state index in [-0.39, 0.29) is 17.9 Å². The molecular formula is C14H17N5OS. The molecule has 2 heterocycles. The lowest BCUT2D eigenvalue weighted by Gasteiger charge is -2.09. The number of thiazole rings is 1. The summed E-state index contributed by atoms with van der Waals surface area (Å²) >= 11 is 1.48. The van der Waals surface area contributed by atoms with E-state index in [9.17, 15) is 4.79 Å². The van der Waals surface area contributed by atoms with Gasteiger partial charge in [0.2, 0.25) is 5.91 Å². The van der Waals surface area contributed by atoms with Gasteiger partial charge in [-0.3, -0.25) is 4.79 Å². The molecule has 3 N–H and O–H groups in total. The van der Waals surface area contributed by atoms with Crippen molar-refractivity contribution in [3.05, 3.63) is 29.5 Å². The number of nitrogens with zero attached hydrogens (tertiary/aromatic N) is 3. The molecule has 0 saturated heterocycles. The number of nitrogens with two attached hydrogens (primary N) is 1. The lowest BCUT2D eigenvalue weighted by atomic mass is 10.1. The minimum Gasteiger partial charge on any atom is -0.350 e. The van der Waals surface area contributed by atoms with Crippen LogP contribution in [-0.2, 0) is 11.3 Å². The molecule has 1 aliphatic rings. The van der Waals surface area contributed by atoms with Crippen LogP contribution in [-0.4, -0.2) is 26.9 Å². The fourth-order valence-electron chi connectivity index (χ4n) is 2.48. The van der Waals surface area contributed by atoms with E-state index in [1.165, 1.54) is 11.3 Å². The van der Waals surface area contributed by atoms with E-state index in [1.54, 1.807) is 18.5 Å². The molecular weight excluding hydrogens is 286 g/mol. The fraction of sp³-hybridized carbons (Fsp3) is 0.429. The summed E-state index contributed by atoms with van der Waals surface area (Å²) in [5.74, 6) is 0.742. The maximum atomic E-state index is 12.0. The first-order valence-electron chi connectivity index (χ1n) is 6.97. The number of hydrogen-bond donors (Lipinski definition) is 2. The lowest BCUT2D eigenvalue weighted by molar-refractivity contribution is -0.125. The van der Waals surface area contributed by atoms with Gasteiger partial charge < -0.3 is 11.1 Å². The summed E-state index contributed by atoms with van der Waals surface area (Å²) in [5, 5.41) is 5.62. The van der Waals surface area contributed by atoms with Crippen molar-refractivity contribution < 1.29 is 4.79 Å². The minimum absolute atomic E-state index is 0.0514. The van der Waals surface area contributed by atoms with Gasteiger partial charge in [0.1, 0.15) is 0 Å². The SMILES string of the molecule is NC1CCC(C(=O)NCc2csc(-c3ncccn3)n2)C1. The van der Waals surface area contributed by atoms with E-state index >= 15 is 0 Å². The van der Waals surface area contributed by atoms with E-state index < -0.39 is 0 Å². The molecule has 1 fully saturated rings. The third-order valence-electron chi connectivity index (χ3n) is 3.60. The van der Waals surface area contributed by atoms with Crippen LogP contribution in [0, 0.1) is 5.92 Å². The molecule has 0 spiro atoms. The first-order chi connectivity index (χ1) is 10.2. The van der Waals surface area contributed by atoms with Crippen LogP contribution >= 0.6 is 11.3 Å². The summed E-state index contributed by atoms with van der Waals surface area (Å²) in [6, 6.07) is 1.94. The molecule has 2 unspecified atom stereocenters. The van der Waals surface area contributed by atoms with Gasteiger partial charge >= 0.3 is 0 Å². The number of carbonyl (C=O) groups excluding carboxylic acids is 1. The highest BCUT2D eigenvalue weighted by Gasteiger charge is 2.27. The largest absolute Gasteiger partial charge is 0.350 e. The number of nitrogens with one attached hydrogen (secondary N) is 1. The van der Waals surface area contributed by atoms with Crippen LogP contribution in [0.2, 0.25) is 0 Å². The van der Waals surface area contributed by atoms with Gasteiger partial charge in [0.05, 0.1) is 12.2 Å². The predicted octanol–water partition coefficient (Wildman–Crippen LogP) is 1.34. The second-order valence-electron chi connectivity index (χ2n) is 5.20. The third-order valence-corrected chi connectivity index (χ3v) is 4.48. The van der Waals surface area contributed by atoms with Crippen molar-refractivity contribution in [2.24, 2.45) is 11.7 Å². The summed E-state index contributed by atoms with van der Waals surface area (Å²) in [4.78, 5) is 24.8. The molecule has 1 aliphatic carbocycles. The Morgan fingerprint density at radius 2 is 2.19 bits per heavy atom. The first kappa shape index (κ1) is 14.1.